The third-order valence-corrected chi connectivity index (χ3v) is 2.75. The van der Waals surface area contributed by atoms with Crippen molar-refractivity contribution in [2.24, 2.45) is 0 Å². The summed E-state index contributed by atoms with van der Waals surface area (Å²) in [4.78, 5) is 4.20. The zero-order chi connectivity index (χ0) is 10.7. The Morgan fingerprint density at radius 2 is 1.67 bits per heavy atom. The standard InChI is InChI=1S/C11H15BN2O/c1-15-11-4-2-10(3-5-11)13-6-8-14(12)9-7-13/h2-5H,6-9H2,1H3. The molecule has 0 N–H and O–H groups in total. The van der Waals surface area contributed by atoms with Gasteiger partial charge in [-0.15, -0.1) is 0 Å². The number of ether oxygens (including phenoxy) is 1. The van der Waals surface area contributed by atoms with Gasteiger partial charge in [-0.2, -0.15) is 0 Å². The summed E-state index contributed by atoms with van der Waals surface area (Å²) in [5, 5.41) is 0. The highest BCUT2D eigenvalue weighted by Crippen LogP contribution is 2.19. The first kappa shape index (κ1) is 10.4. The van der Waals surface area contributed by atoms with Crippen LogP contribution in [0.2, 0.25) is 0 Å². The zero-order valence-corrected chi connectivity index (χ0v) is 9.02. The second kappa shape index (κ2) is 4.58. The van der Waals surface area contributed by atoms with Gasteiger partial charge in [0.15, 0.2) is 7.98 Å². The van der Waals surface area contributed by atoms with Crippen LogP contribution in [0.15, 0.2) is 24.3 Å². The number of hydrogen-bond donors (Lipinski definition) is 0. The highest BCUT2D eigenvalue weighted by atomic mass is 16.5. The quantitative estimate of drug-likeness (QED) is 0.662. The summed E-state index contributed by atoms with van der Waals surface area (Å²) >= 11 is 0. The lowest BCUT2D eigenvalue weighted by Crippen LogP contribution is -2.45. The van der Waals surface area contributed by atoms with Gasteiger partial charge in [0.1, 0.15) is 5.75 Å². The van der Waals surface area contributed by atoms with Crippen molar-refractivity contribution >= 4 is 13.7 Å². The van der Waals surface area contributed by atoms with Crippen LogP contribution in [0.1, 0.15) is 0 Å². The average Bonchev–Trinajstić information content (AvgIpc) is 2.30. The molecule has 78 valence electrons. The zero-order valence-electron chi connectivity index (χ0n) is 9.02. The summed E-state index contributed by atoms with van der Waals surface area (Å²) in [5.74, 6) is 0.899. The lowest BCUT2D eigenvalue weighted by Gasteiger charge is -2.34. The van der Waals surface area contributed by atoms with E-state index in [2.05, 4.69) is 17.0 Å². The minimum absolute atomic E-state index is 0.899. The molecule has 0 aromatic heterocycles. The topological polar surface area (TPSA) is 15.7 Å². The van der Waals surface area contributed by atoms with Crippen LogP contribution in [0.3, 0.4) is 0 Å². The molecular weight excluding hydrogens is 187 g/mol. The molecule has 4 heteroatoms. The molecule has 0 unspecified atom stereocenters. The van der Waals surface area contributed by atoms with Crippen molar-refractivity contribution in [1.82, 2.24) is 4.81 Å². The van der Waals surface area contributed by atoms with Crippen LogP contribution in [-0.4, -0.2) is 46.1 Å². The van der Waals surface area contributed by atoms with Crippen molar-refractivity contribution in [3.63, 3.8) is 0 Å². The van der Waals surface area contributed by atoms with Gasteiger partial charge in [-0.1, -0.05) is 0 Å². The SMILES string of the molecule is [B]N1CCN(c2ccc(OC)cc2)CC1. The van der Waals surface area contributed by atoms with Crippen molar-refractivity contribution in [1.29, 1.82) is 0 Å². The van der Waals surface area contributed by atoms with Gasteiger partial charge in [0, 0.05) is 31.9 Å². The second-order valence-electron chi connectivity index (χ2n) is 3.72. The molecular formula is C11H15BN2O. The molecule has 1 aromatic rings. The molecule has 1 aromatic carbocycles. The van der Waals surface area contributed by atoms with Crippen LogP contribution < -0.4 is 9.64 Å². The molecule has 1 saturated heterocycles. The normalized spacial score (nSPS) is 17.8. The summed E-state index contributed by atoms with van der Waals surface area (Å²) in [6.07, 6.45) is 0. The fourth-order valence-electron chi connectivity index (χ4n) is 1.77. The molecule has 2 radical (unpaired) electrons. The number of piperazine rings is 1. The van der Waals surface area contributed by atoms with Crippen LogP contribution in [0.25, 0.3) is 0 Å². The number of rotatable bonds is 2. The minimum Gasteiger partial charge on any atom is -0.497 e. The maximum absolute atomic E-state index is 5.71. The fourth-order valence-corrected chi connectivity index (χ4v) is 1.77. The van der Waals surface area contributed by atoms with E-state index in [0.29, 0.717) is 0 Å². The largest absolute Gasteiger partial charge is 0.497 e. The third-order valence-electron chi connectivity index (χ3n) is 2.75. The molecule has 1 heterocycles. The molecule has 0 atom stereocenters. The van der Waals surface area contributed by atoms with Gasteiger partial charge in [-0.05, 0) is 24.3 Å². The van der Waals surface area contributed by atoms with Crippen LogP contribution in [0.4, 0.5) is 5.69 Å². The van der Waals surface area contributed by atoms with Gasteiger partial charge in [-0.25, -0.2) is 0 Å². The van der Waals surface area contributed by atoms with Gasteiger partial charge < -0.3 is 14.4 Å². The van der Waals surface area contributed by atoms with E-state index in [4.69, 9.17) is 12.7 Å². The maximum Gasteiger partial charge on any atom is 0.182 e. The lowest BCUT2D eigenvalue weighted by atomic mass is 10.2. The first-order chi connectivity index (χ1) is 7.29. The summed E-state index contributed by atoms with van der Waals surface area (Å²) in [6, 6.07) is 8.16. The number of hydrogen-bond acceptors (Lipinski definition) is 3. The van der Waals surface area contributed by atoms with Gasteiger partial charge >= 0.3 is 0 Å². The summed E-state index contributed by atoms with van der Waals surface area (Å²) < 4.78 is 5.13. The third kappa shape index (κ3) is 2.45. The van der Waals surface area contributed by atoms with Gasteiger partial charge in [-0.3, -0.25) is 0 Å². The average molecular weight is 202 g/mol. The predicted molar refractivity (Wildman–Crippen MR) is 62.5 cm³/mol. The van der Waals surface area contributed by atoms with Crippen molar-refractivity contribution in [2.45, 2.75) is 0 Å². The Kier molecular flexibility index (Phi) is 3.16. The first-order valence-corrected chi connectivity index (χ1v) is 5.18. The van der Waals surface area contributed by atoms with Crippen LogP contribution in [0, 0.1) is 0 Å². The van der Waals surface area contributed by atoms with Gasteiger partial charge in [0.2, 0.25) is 0 Å². The molecule has 1 fully saturated rings. The lowest BCUT2D eigenvalue weighted by molar-refractivity contribution is 0.411. The van der Waals surface area contributed by atoms with E-state index < -0.39 is 0 Å². The Hall–Kier alpha value is -1.16. The van der Waals surface area contributed by atoms with Gasteiger partial charge in [0.05, 0.1) is 7.11 Å². The molecule has 1 aliphatic rings. The molecule has 15 heavy (non-hydrogen) atoms. The Bertz CT molecular complexity index is 307. The Morgan fingerprint density at radius 1 is 1.07 bits per heavy atom. The van der Waals surface area contributed by atoms with E-state index in [1.54, 1.807) is 7.11 Å². The molecule has 3 nitrogen and oxygen atoms in total. The van der Waals surface area contributed by atoms with E-state index in [1.165, 1.54) is 5.69 Å². The Balaban J connectivity index is 2.03. The van der Waals surface area contributed by atoms with Crippen LogP contribution >= 0.6 is 0 Å². The molecule has 1 aliphatic heterocycles. The minimum atomic E-state index is 0.899. The van der Waals surface area contributed by atoms with Crippen molar-refractivity contribution in [3.05, 3.63) is 24.3 Å². The molecule has 0 amide bonds. The van der Waals surface area contributed by atoms with Crippen LogP contribution in [0.5, 0.6) is 5.75 Å². The first-order valence-electron chi connectivity index (χ1n) is 5.18. The number of benzene rings is 1. The van der Waals surface area contributed by atoms with Crippen LogP contribution in [-0.2, 0) is 0 Å². The van der Waals surface area contributed by atoms with E-state index >= 15 is 0 Å². The Labute approximate surface area is 92.1 Å². The van der Waals surface area contributed by atoms with E-state index in [-0.39, 0.29) is 0 Å². The number of anilines is 1. The summed E-state index contributed by atoms with van der Waals surface area (Å²) in [6.45, 7) is 3.82. The number of nitrogens with zero attached hydrogens (tertiary/aromatic N) is 2. The molecule has 2 rings (SSSR count). The highest BCUT2D eigenvalue weighted by Gasteiger charge is 2.13. The maximum atomic E-state index is 5.71. The fraction of sp³-hybridized carbons (Fsp3) is 0.455. The molecule has 0 spiro atoms. The van der Waals surface area contributed by atoms with Crippen molar-refractivity contribution < 1.29 is 4.74 Å². The van der Waals surface area contributed by atoms with E-state index in [1.807, 2.05) is 16.9 Å². The van der Waals surface area contributed by atoms with E-state index in [0.717, 1.165) is 31.9 Å². The summed E-state index contributed by atoms with van der Waals surface area (Å²) in [7, 11) is 7.39. The molecule has 0 saturated carbocycles. The predicted octanol–water partition coefficient (Wildman–Crippen LogP) is 0.901. The van der Waals surface area contributed by atoms with Gasteiger partial charge in [0.25, 0.3) is 0 Å². The monoisotopic (exact) mass is 202 g/mol. The van der Waals surface area contributed by atoms with Crippen molar-refractivity contribution in [3.8, 4) is 5.75 Å². The van der Waals surface area contributed by atoms with E-state index in [9.17, 15) is 0 Å². The Morgan fingerprint density at radius 3 is 2.20 bits per heavy atom. The smallest absolute Gasteiger partial charge is 0.182 e. The summed E-state index contributed by atoms with van der Waals surface area (Å²) in [5.41, 5.74) is 1.24. The molecule has 0 aliphatic carbocycles. The molecule has 0 bridgehead atoms. The number of methoxy groups -OCH3 is 1. The highest BCUT2D eigenvalue weighted by molar-refractivity contribution is 6.04. The second-order valence-corrected chi connectivity index (χ2v) is 3.72. The van der Waals surface area contributed by atoms with Crippen molar-refractivity contribution in [2.75, 3.05) is 38.2 Å².